The molecule has 0 spiro atoms. The number of hydrogen-bond acceptors (Lipinski definition) is 3. The van der Waals surface area contributed by atoms with E-state index in [1.807, 2.05) is 6.07 Å². The molecule has 1 N–H and O–H groups in total. The molecular formula is C16H22O3S. The Labute approximate surface area is 124 Å². The zero-order valence-corrected chi connectivity index (χ0v) is 12.6. The number of carboxylic acids is 1. The van der Waals surface area contributed by atoms with Gasteiger partial charge in [-0.25, -0.2) is 0 Å². The first-order valence-electron chi connectivity index (χ1n) is 7.10. The van der Waals surface area contributed by atoms with Gasteiger partial charge in [0.25, 0.3) is 0 Å². The number of rotatable bonds is 6. The molecule has 3 nitrogen and oxygen atoms in total. The quantitative estimate of drug-likeness (QED) is 0.817. The van der Waals surface area contributed by atoms with Gasteiger partial charge in [-0.15, -0.1) is 0 Å². The second-order valence-corrected chi connectivity index (χ2v) is 6.61. The molecular weight excluding hydrogens is 272 g/mol. The average molecular weight is 294 g/mol. The fourth-order valence-corrected chi connectivity index (χ4v) is 4.33. The molecule has 2 rings (SSSR count). The highest BCUT2D eigenvalue weighted by molar-refractivity contribution is 7.99. The van der Waals surface area contributed by atoms with E-state index in [1.165, 1.54) is 5.56 Å². The van der Waals surface area contributed by atoms with Crippen LogP contribution >= 0.6 is 11.8 Å². The van der Waals surface area contributed by atoms with E-state index in [9.17, 15) is 9.90 Å². The number of hydrogen-bond donors (Lipinski definition) is 1. The van der Waals surface area contributed by atoms with Crippen molar-refractivity contribution in [1.29, 1.82) is 0 Å². The summed E-state index contributed by atoms with van der Waals surface area (Å²) in [5.74, 6) is 0.502. The lowest BCUT2D eigenvalue weighted by Crippen LogP contribution is -2.32. The van der Waals surface area contributed by atoms with Crippen molar-refractivity contribution in [3.63, 3.8) is 0 Å². The molecule has 0 heterocycles. The van der Waals surface area contributed by atoms with Gasteiger partial charge in [0.05, 0.1) is 12.5 Å². The Kier molecular flexibility index (Phi) is 5.92. The largest absolute Gasteiger partial charge is 0.481 e. The predicted molar refractivity (Wildman–Crippen MR) is 82.3 cm³/mol. The Hall–Kier alpha value is -1.00. The number of carbonyl (C=O) groups is 1. The summed E-state index contributed by atoms with van der Waals surface area (Å²) < 4.78 is 5.07. The zero-order valence-electron chi connectivity index (χ0n) is 11.8. The van der Waals surface area contributed by atoms with Crippen LogP contribution in [-0.4, -0.2) is 35.8 Å². The van der Waals surface area contributed by atoms with Gasteiger partial charge in [-0.3, -0.25) is 4.79 Å². The van der Waals surface area contributed by atoms with Gasteiger partial charge in [0.2, 0.25) is 0 Å². The SMILES string of the molecule is COCCSC1CC(c2ccccc2)CCC1C(=O)O. The van der Waals surface area contributed by atoms with E-state index in [4.69, 9.17) is 4.74 Å². The molecule has 1 aliphatic carbocycles. The summed E-state index contributed by atoms with van der Waals surface area (Å²) in [6.45, 7) is 0.684. The second kappa shape index (κ2) is 7.70. The van der Waals surface area contributed by atoms with E-state index in [2.05, 4.69) is 24.3 Å². The second-order valence-electron chi connectivity index (χ2n) is 5.27. The molecule has 0 amide bonds. The molecule has 1 aliphatic rings. The molecule has 1 aromatic rings. The minimum Gasteiger partial charge on any atom is -0.481 e. The van der Waals surface area contributed by atoms with Crippen LogP contribution in [0.5, 0.6) is 0 Å². The van der Waals surface area contributed by atoms with E-state index in [-0.39, 0.29) is 11.2 Å². The van der Waals surface area contributed by atoms with Crippen LogP contribution in [-0.2, 0) is 9.53 Å². The summed E-state index contributed by atoms with van der Waals surface area (Å²) in [6, 6.07) is 10.5. The Morgan fingerprint density at radius 1 is 1.35 bits per heavy atom. The molecule has 0 aromatic heterocycles. The highest BCUT2D eigenvalue weighted by Gasteiger charge is 2.35. The number of thioether (sulfide) groups is 1. The number of ether oxygens (including phenoxy) is 1. The van der Waals surface area contributed by atoms with Gasteiger partial charge >= 0.3 is 5.97 Å². The summed E-state index contributed by atoms with van der Waals surface area (Å²) >= 11 is 1.75. The maximum Gasteiger partial charge on any atom is 0.307 e. The Morgan fingerprint density at radius 2 is 2.10 bits per heavy atom. The third-order valence-corrected chi connectivity index (χ3v) is 5.35. The van der Waals surface area contributed by atoms with E-state index >= 15 is 0 Å². The van der Waals surface area contributed by atoms with Crippen LogP contribution < -0.4 is 0 Å². The van der Waals surface area contributed by atoms with Crippen LogP contribution in [0.25, 0.3) is 0 Å². The van der Waals surface area contributed by atoms with Crippen LogP contribution in [0, 0.1) is 5.92 Å². The van der Waals surface area contributed by atoms with Gasteiger partial charge < -0.3 is 9.84 Å². The maximum absolute atomic E-state index is 11.4. The van der Waals surface area contributed by atoms with Crippen molar-refractivity contribution in [2.75, 3.05) is 19.5 Å². The summed E-state index contributed by atoms with van der Waals surface area (Å²) in [7, 11) is 1.68. The highest BCUT2D eigenvalue weighted by atomic mass is 32.2. The Bertz CT molecular complexity index is 421. The van der Waals surface area contributed by atoms with Crippen LogP contribution in [0.2, 0.25) is 0 Å². The third kappa shape index (κ3) is 4.00. The molecule has 1 aromatic carbocycles. The van der Waals surface area contributed by atoms with Crippen molar-refractivity contribution in [2.24, 2.45) is 5.92 Å². The molecule has 1 fully saturated rings. The standard InChI is InChI=1S/C16H22O3S/c1-19-9-10-20-15-11-13(7-8-14(15)16(17)18)12-5-3-2-4-6-12/h2-6,13-15H,7-11H2,1H3,(H,17,18). The first kappa shape index (κ1) is 15.4. The summed E-state index contributed by atoms with van der Waals surface area (Å²) in [5, 5.41) is 9.57. The summed E-state index contributed by atoms with van der Waals surface area (Å²) in [5.41, 5.74) is 1.34. The maximum atomic E-state index is 11.4. The van der Waals surface area contributed by atoms with Crippen molar-refractivity contribution in [1.82, 2.24) is 0 Å². The van der Waals surface area contributed by atoms with Gasteiger partial charge in [-0.2, -0.15) is 11.8 Å². The molecule has 110 valence electrons. The summed E-state index contributed by atoms with van der Waals surface area (Å²) in [6.07, 6.45) is 2.71. The van der Waals surface area contributed by atoms with Gasteiger partial charge in [0.15, 0.2) is 0 Å². The lowest BCUT2D eigenvalue weighted by atomic mass is 9.78. The molecule has 4 heteroatoms. The molecule has 3 atom stereocenters. The van der Waals surface area contributed by atoms with E-state index in [0.29, 0.717) is 12.5 Å². The van der Waals surface area contributed by atoms with E-state index in [1.54, 1.807) is 18.9 Å². The minimum atomic E-state index is -0.647. The van der Waals surface area contributed by atoms with Crippen molar-refractivity contribution in [3.8, 4) is 0 Å². The fraction of sp³-hybridized carbons (Fsp3) is 0.562. The smallest absolute Gasteiger partial charge is 0.307 e. The fourth-order valence-electron chi connectivity index (χ4n) is 2.91. The van der Waals surface area contributed by atoms with Crippen molar-refractivity contribution < 1.29 is 14.6 Å². The predicted octanol–water partition coefficient (Wildman–Crippen LogP) is 3.40. The monoisotopic (exact) mass is 294 g/mol. The topological polar surface area (TPSA) is 46.5 Å². The molecule has 0 saturated heterocycles. The van der Waals surface area contributed by atoms with E-state index in [0.717, 1.165) is 25.0 Å². The van der Waals surface area contributed by atoms with Crippen LogP contribution in [0.3, 0.4) is 0 Å². The van der Waals surface area contributed by atoms with Crippen LogP contribution in [0.15, 0.2) is 30.3 Å². The molecule has 1 saturated carbocycles. The number of aliphatic carboxylic acids is 1. The van der Waals surface area contributed by atoms with Gasteiger partial charge in [-0.05, 0) is 30.7 Å². The van der Waals surface area contributed by atoms with E-state index < -0.39 is 5.97 Å². The number of methoxy groups -OCH3 is 1. The molecule has 3 unspecified atom stereocenters. The number of benzene rings is 1. The van der Waals surface area contributed by atoms with Gasteiger partial charge in [0.1, 0.15) is 0 Å². The van der Waals surface area contributed by atoms with Crippen LogP contribution in [0.1, 0.15) is 30.7 Å². The zero-order chi connectivity index (χ0) is 14.4. The average Bonchev–Trinajstić information content (AvgIpc) is 2.48. The molecule has 0 radical (unpaired) electrons. The van der Waals surface area contributed by atoms with Crippen LogP contribution in [0.4, 0.5) is 0 Å². The lowest BCUT2D eigenvalue weighted by molar-refractivity contribution is -0.142. The third-order valence-electron chi connectivity index (χ3n) is 4.00. The lowest BCUT2D eigenvalue weighted by Gasteiger charge is -2.33. The Balaban J connectivity index is 2.01. The summed E-state index contributed by atoms with van der Waals surface area (Å²) in [4.78, 5) is 11.4. The number of carboxylic acid groups (broad SMARTS) is 1. The molecule has 0 bridgehead atoms. The minimum absolute atomic E-state index is 0.196. The van der Waals surface area contributed by atoms with Crippen molar-refractivity contribution in [2.45, 2.75) is 30.4 Å². The Morgan fingerprint density at radius 3 is 2.75 bits per heavy atom. The first-order valence-corrected chi connectivity index (χ1v) is 8.15. The van der Waals surface area contributed by atoms with Gasteiger partial charge in [0, 0.05) is 18.1 Å². The first-order chi connectivity index (χ1) is 9.72. The highest BCUT2D eigenvalue weighted by Crippen LogP contribution is 2.41. The van der Waals surface area contributed by atoms with Crippen molar-refractivity contribution in [3.05, 3.63) is 35.9 Å². The normalized spacial score (nSPS) is 26.4. The molecule has 0 aliphatic heterocycles. The van der Waals surface area contributed by atoms with Crippen molar-refractivity contribution >= 4 is 17.7 Å². The molecule has 20 heavy (non-hydrogen) atoms. The van der Waals surface area contributed by atoms with Gasteiger partial charge in [-0.1, -0.05) is 30.3 Å².